The van der Waals surface area contributed by atoms with Crippen LogP contribution in [0.4, 0.5) is 0 Å². The van der Waals surface area contributed by atoms with Crippen LogP contribution in [0.5, 0.6) is 0 Å². The average Bonchev–Trinajstić information content (AvgIpc) is 2.32. The van der Waals surface area contributed by atoms with Gasteiger partial charge in [0.15, 0.2) is 0 Å². The number of amides is 3. The molecule has 0 unspecified atom stereocenters. The molecule has 9 heteroatoms. The second-order valence-electron chi connectivity index (χ2n) is 4.83. The van der Waals surface area contributed by atoms with Crippen molar-refractivity contribution in [3.05, 3.63) is 32.6 Å². The van der Waals surface area contributed by atoms with Gasteiger partial charge in [-0.1, -0.05) is 0 Å². The maximum absolute atomic E-state index is 12.3. The van der Waals surface area contributed by atoms with Crippen LogP contribution in [0, 0.1) is 0 Å². The minimum Gasteiger partial charge on any atom is -0.314 e. The number of imide groups is 1. The molecule has 0 aromatic carbocycles. The van der Waals surface area contributed by atoms with Crippen molar-refractivity contribution in [3.8, 4) is 0 Å². The van der Waals surface area contributed by atoms with Gasteiger partial charge in [-0.05, 0) is 13.8 Å². The first kappa shape index (κ1) is 13.7. The largest absolute Gasteiger partial charge is 0.326 e. The van der Waals surface area contributed by atoms with Crippen LogP contribution in [0.3, 0.4) is 0 Å². The Balaban J connectivity index is 2.45. The van der Waals surface area contributed by atoms with E-state index in [0.717, 1.165) is 11.0 Å². The average molecular weight is 280 g/mol. The molecule has 2 rings (SSSR count). The number of carbonyl (C=O) groups excluding carboxylic acids is 3. The third kappa shape index (κ3) is 2.25. The number of nitrogens with one attached hydrogen (secondary N) is 3. The molecule has 1 fully saturated rings. The van der Waals surface area contributed by atoms with Gasteiger partial charge in [-0.2, -0.15) is 0 Å². The lowest BCUT2D eigenvalue weighted by atomic mass is 9.98. The van der Waals surface area contributed by atoms with Crippen molar-refractivity contribution in [2.75, 3.05) is 6.54 Å². The van der Waals surface area contributed by atoms with Gasteiger partial charge in [0.2, 0.25) is 5.91 Å². The fraction of sp³-hybridized carbons (Fsp3) is 0.364. The number of aromatic amines is 2. The molecule has 1 saturated heterocycles. The van der Waals surface area contributed by atoms with Crippen LogP contribution in [-0.4, -0.2) is 44.7 Å². The van der Waals surface area contributed by atoms with Crippen molar-refractivity contribution in [2.24, 2.45) is 0 Å². The van der Waals surface area contributed by atoms with Gasteiger partial charge in [-0.15, -0.1) is 0 Å². The van der Waals surface area contributed by atoms with Gasteiger partial charge >= 0.3 is 5.69 Å². The third-order valence-corrected chi connectivity index (χ3v) is 3.02. The number of H-pyrrole nitrogens is 2. The molecule has 3 N–H and O–H groups in total. The number of carbonyl (C=O) groups is 3. The number of hydrogen-bond donors (Lipinski definition) is 3. The first-order valence-corrected chi connectivity index (χ1v) is 5.71. The normalized spacial score (nSPS) is 17.8. The third-order valence-electron chi connectivity index (χ3n) is 3.02. The Hall–Kier alpha value is -2.71. The van der Waals surface area contributed by atoms with Crippen LogP contribution < -0.4 is 16.6 Å². The molecule has 1 aromatic heterocycles. The van der Waals surface area contributed by atoms with Gasteiger partial charge in [0.25, 0.3) is 17.4 Å². The highest BCUT2D eigenvalue weighted by molar-refractivity contribution is 6.08. The summed E-state index contributed by atoms with van der Waals surface area (Å²) in [6.07, 6.45) is 0. The lowest BCUT2D eigenvalue weighted by Gasteiger charge is -2.39. The van der Waals surface area contributed by atoms with E-state index in [-0.39, 0.29) is 12.2 Å². The van der Waals surface area contributed by atoms with Crippen molar-refractivity contribution < 1.29 is 14.4 Å². The fourth-order valence-corrected chi connectivity index (χ4v) is 1.84. The summed E-state index contributed by atoms with van der Waals surface area (Å²) in [4.78, 5) is 62.8. The summed E-state index contributed by atoms with van der Waals surface area (Å²) in [5.41, 5.74) is -3.15. The number of rotatable bonds is 1. The smallest absolute Gasteiger partial charge is 0.314 e. The first-order valence-electron chi connectivity index (χ1n) is 5.71. The van der Waals surface area contributed by atoms with E-state index in [0.29, 0.717) is 0 Å². The number of aromatic nitrogens is 2. The SMILES string of the molecule is CC1(C)C(=O)NC(=O)CN1C(=O)c1cc(=O)[nH]c(=O)[nH]1. The van der Waals surface area contributed by atoms with E-state index in [2.05, 4.69) is 10.3 Å². The van der Waals surface area contributed by atoms with Gasteiger partial charge in [0.1, 0.15) is 17.8 Å². The summed E-state index contributed by atoms with van der Waals surface area (Å²) in [5, 5.41) is 2.12. The standard InChI is InChI=1S/C11H12N4O5/c1-11(2)9(19)13-7(17)4-15(11)8(18)5-3-6(16)14-10(20)12-5/h3H,4H2,1-2H3,(H,13,17,19)(H2,12,14,16,20). The van der Waals surface area contributed by atoms with E-state index >= 15 is 0 Å². The Morgan fingerprint density at radius 2 is 1.85 bits per heavy atom. The van der Waals surface area contributed by atoms with Gasteiger partial charge < -0.3 is 9.88 Å². The fourth-order valence-electron chi connectivity index (χ4n) is 1.84. The lowest BCUT2D eigenvalue weighted by Crippen LogP contribution is -2.65. The van der Waals surface area contributed by atoms with E-state index in [1.54, 1.807) is 0 Å². The second kappa shape index (κ2) is 4.44. The molecule has 20 heavy (non-hydrogen) atoms. The molecular formula is C11H12N4O5. The Morgan fingerprint density at radius 3 is 2.45 bits per heavy atom. The molecule has 1 aliphatic heterocycles. The molecule has 0 bridgehead atoms. The van der Waals surface area contributed by atoms with E-state index in [1.165, 1.54) is 13.8 Å². The van der Waals surface area contributed by atoms with Crippen LogP contribution in [-0.2, 0) is 9.59 Å². The van der Waals surface area contributed by atoms with Crippen molar-refractivity contribution in [1.29, 1.82) is 0 Å². The Kier molecular flexibility index (Phi) is 3.04. The number of hydrogen-bond acceptors (Lipinski definition) is 5. The van der Waals surface area contributed by atoms with Crippen LogP contribution in [0.1, 0.15) is 24.3 Å². The molecular weight excluding hydrogens is 268 g/mol. The van der Waals surface area contributed by atoms with Gasteiger partial charge in [-0.25, -0.2) is 4.79 Å². The molecule has 0 atom stereocenters. The highest BCUT2D eigenvalue weighted by Gasteiger charge is 2.44. The topological polar surface area (TPSA) is 132 Å². The van der Waals surface area contributed by atoms with Gasteiger partial charge in [0, 0.05) is 6.07 Å². The number of nitrogens with zero attached hydrogens (tertiary/aromatic N) is 1. The van der Waals surface area contributed by atoms with E-state index in [1.807, 2.05) is 4.98 Å². The minimum absolute atomic E-state index is 0.283. The maximum atomic E-state index is 12.3. The van der Waals surface area contributed by atoms with Crippen LogP contribution in [0.2, 0.25) is 0 Å². The molecule has 106 valence electrons. The Labute approximate surface area is 112 Å². The van der Waals surface area contributed by atoms with Crippen LogP contribution in [0.25, 0.3) is 0 Å². The molecule has 0 saturated carbocycles. The quantitative estimate of drug-likeness (QED) is 0.509. The van der Waals surface area contributed by atoms with Crippen LogP contribution in [0.15, 0.2) is 15.7 Å². The van der Waals surface area contributed by atoms with Crippen molar-refractivity contribution in [1.82, 2.24) is 20.2 Å². The van der Waals surface area contributed by atoms with E-state index in [4.69, 9.17) is 0 Å². The molecule has 0 aliphatic carbocycles. The molecule has 0 spiro atoms. The Bertz CT molecular complexity index is 686. The summed E-state index contributed by atoms with van der Waals surface area (Å²) in [6, 6.07) is 0.900. The highest BCUT2D eigenvalue weighted by atomic mass is 16.2. The van der Waals surface area contributed by atoms with Crippen LogP contribution >= 0.6 is 0 Å². The molecule has 0 radical (unpaired) electrons. The molecule has 9 nitrogen and oxygen atoms in total. The second-order valence-corrected chi connectivity index (χ2v) is 4.83. The predicted octanol–water partition coefficient (Wildman–Crippen LogP) is -2.06. The van der Waals surface area contributed by atoms with E-state index in [9.17, 15) is 24.0 Å². The summed E-state index contributed by atoms with van der Waals surface area (Å²) >= 11 is 0. The monoisotopic (exact) mass is 280 g/mol. The van der Waals surface area contributed by atoms with Gasteiger partial charge in [0.05, 0.1) is 0 Å². The van der Waals surface area contributed by atoms with Crippen molar-refractivity contribution >= 4 is 17.7 Å². The predicted molar refractivity (Wildman–Crippen MR) is 65.9 cm³/mol. The zero-order valence-corrected chi connectivity index (χ0v) is 10.8. The number of piperazine rings is 1. The highest BCUT2D eigenvalue weighted by Crippen LogP contribution is 2.19. The molecule has 2 heterocycles. The summed E-state index contributed by atoms with van der Waals surface area (Å²) < 4.78 is 0. The first-order chi connectivity index (χ1) is 9.21. The summed E-state index contributed by atoms with van der Waals surface area (Å²) in [5.74, 6) is -2.04. The lowest BCUT2D eigenvalue weighted by molar-refractivity contribution is -0.143. The molecule has 3 amide bonds. The molecule has 1 aromatic rings. The summed E-state index contributed by atoms with van der Waals surface area (Å²) in [6.45, 7) is 2.57. The van der Waals surface area contributed by atoms with Crippen molar-refractivity contribution in [2.45, 2.75) is 19.4 Å². The zero-order chi connectivity index (χ0) is 15.1. The molecule has 1 aliphatic rings. The minimum atomic E-state index is -1.27. The summed E-state index contributed by atoms with van der Waals surface area (Å²) in [7, 11) is 0. The zero-order valence-electron chi connectivity index (χ0n) is 10.8. The van der Waals surface area contributed by atoms with Gasteiger partial charge in [-0.3, -0.25) is 29.5 Å². The van der Waals surface area contributed by atoms with Crippen molar-refractivity contribution in [3.63, 3.8) is 0 Å². The Morgan fingerprint density at radius 1 is 1.20 bits per heavy atom. The maximum Gasteiger partial charge on any atom is 0.326 e. The van der Waals surface area contributed by atoms with E-state index < -0.39 is 34.5 Å².